The Hall–Kier alpha value is -3.58. The number of methoxy groups -OCH3 is 1. The molecule has 0 aromatic heterocycles. The summed E-state index contributed by atoms with van der Waals surface area (Å²) in [5, 5.41) is 5.38. The summed E-state index contributed by atoms with van der Waals surface area (Å²) < 4.78 is 4.86. The van der Waals surface area contributed by atoms with Gasteiger partial charge >= 0.3 is 5.97 Å². The average molecular weight is 503 g/mol. The Morgan fingerprint density at radius 2 is 1.58 bits per heavy atom. The Labute approximate surface area is 215 Å². The first kappa shape index (κ1) is 25.5. The lowest BCUT2D eigenvalue weighted by Crippen LogP contribution is -2.24. The number of ether oxygens (including phenoxy) is 1. The number of hydrogen-bond acceptors (Lipinski definition) is 5. The lowest BCUT2D eigenvalue weighted by atomic mass is 9.88. The summed E-state index contributed by atoms with van der Waals surface area (Å²) in [5.74, 6) is -0.656. The molecule has 2 amide bonds. The summed E-state index contributed by atoms with van der Waals surface area (Å²) in [6.45, 7) is 0. The number of para-hydroxylation sites is 1. The molecule has 0 aliphatic heterocycles. The predicted molar refractivity (Wildman–Crippen MR) is 143 cm³/mol. The van der Waals surface area contributed by atoms with E-state index in [1.165, 1.54) is 25.3 Å². The molecule has 7 heteroatoms. The normalized spacial score (nSPS) is 14.5. The standard InChI is InChI=1S/C29H30N2O4S/c1-35-29(34)24-17-8-9-18-25(24)31-28(33)26(20-11-4-2-5-12-20)36-23-16-10-15-22(19-23)30-27(32)21-13-6-3-7-14-21/h2,4-5,8-12,15-19,21,26H,3,6-7,13-14H2,1H3,(H,30,32)(H,31,33). The number of anilines is 2. The fourth-order valence-corrected chi connectivity index (χ4v) is 5.45. The molecule has 0 heterocycles. The topological polar surface area (TPSA) is 84.5 Å². The van der Waals surface area contributed by atoms with Gasteiger partial charge in [0.15, 0.2) is 0 Å². The van der Waals surface area contributed by atoms with Gasteiger partial charge in [-0.3, -0.25) is 9.59 Å². The molecule has 0 saturated heterocycles. The second kappa shape index (κ2) is 12.4. The maximum Gasteiger partial charge on any atom is 0.339 e. The quantitative estimate of drug-likeness (QED) is 0.273. The van der Waals surface area contributed by atoms with Crippen molar-refractivity contribution in [3.05, 3.63) is 90.0 Å². The molecule has 4 rings (SSSR count). The van der Waals surface area contributed by atoms with E-state index in [1.54, 1.807) is 24.3 Å². The molecule has 36 heavy (non-hydrogen) atoms. The van der Waals surface area contributed by atoms with Crippen molar-refractivity contribution in [2.75, 3.05) is 17.7 Å². The van der Waals surface area contributed by atoms with Gasteiger partial charge in [0, 0.05) is 16.5 Å². The van der Waals surface area contributed by atoms with Crippen molar-refractivity contribution in [3.63, 3.8) is 0 Å². The van der Waals surface area contributed by atoms with Crippen LogP contribution in [0.1, 0.15) is 53.3 Å². The number of carbonyl (C=O) groups excluding carboxylic acids is 3. The number of amides is 2. The Morgan fingerprint density at radius 3 is 2.33 bits per heavy atom. The Bertz CT molecular complexity index is 1210. The van der Waals surface area contributed by atoms with E-state index in [0.717, 1.165) is 41.8 Å². The van der Waals surface area contributed by atoms with Crippen LogP contribution in [0.4, 0.5) is 11.4 Å². The summed E-state index contributed by atoms with van der Waals surface area (Å²) in [6, 6.07) is 23.8. The Balaban J connectivity index is 1.54. The van der Waals surface area contributed by atoms with E-state index in [0.29, 0.717) is 5.69 Å². The molecule has 1 unspecified atom stereocenters. The number of rotatable bonds is 8. The van der Waals surface area contributed by atoms with Gasteiger partial charge in [0.25, 0.3) is 0 Å². The molecule has 2 N–H and O–H groups in total. The van der Waals surface area contributed by atoms with Crippen LogP contribution in [-0.4, -0.2) is 24.9 Å². The van der Waals surface area contributed by atoms with Crippen molar-refractivity contribution in [2.24, 2.45) is 5.92 Å². The van der Waals surface area contributed by atoms with Gasteiger partial charge in [-0.25, -0.2) is 4.79 Å². The molecule has 1 atom stereocenters. The molecule has 0 bridgehead atoms. The molecule has 3 aromatic rings. The second-order valence-electron chi connectivity index (χ2n) is 8.79. The van der Waals surface area contributed by atoms with Crippen molar-refractivity contribution in [1.29, 1.82) is 0 Å². The van der Waals surface area contributed by atoms with Gasteiger partial charge in [-0.1, -0.05) is 67.8 Å². The fourth-order valence-electron chi connectivity index (χ4n) is 4.37. The van der Waals surface area contributed by atoms with Crippen molar-refractivity contribution in [2.45, 2.75) is 42.2 Å². The van der Waals surface area contributed by atoms with E-state index in [-0.39, 0.29) is 23.3 Å². The number of benzene rings is 3. The number of esters is 1. The van der Waals surface area contributed by atoms with Crippen LogP contribution in [0, 0.1) is 5.92 Å². The largest absolute Gasteiger partial charge is 0.465 e. The summed E-state index contributed by atoms with van der Waals surface area (Å²) in [4.78, 5) is 39.2. The number of thioether (sulfide) groups is 1. The average Bonchev–Trinajstić information content (AvgIpc) is 2.92. The zero-order valence-electron chi connectivity index (χ0n) is 20.2. The van der Waals surface area contributed by atoms with Gasteiger partial charge in [0.1, 0.15) is 5.25 Å². The summed E-state index contributed by atoms with van der Waals surface area (Å²) >= 11 is 1.39. The molecule has 6 nitrogen and oxygen atoms in total. The molecule has 1 aliphatic carbocycles. The number of nitrogens with one attached hydrogen (secondary N) is 2. The minimum absolute atomic E-state index is 0.0628. The van der Waals surface area contributed by atoms with Gasteiger partial charge < -0.3 is 15.4 Å². The molecular weight excluding hydrogens is 472 g/mol. The zero-order chi connectivity index (χ0) is 25.3. The minimum Gasteiger partial charge on any atom is -0.465 e. The summed E-state index contributed by atoms with van der Waals surface area (Å²) in [5.41, 5.74) is 2.23. The third kappa shape index (κ3) is 6.55. The molecule has 1 aliphatic rings. The highest BCUT2D eigenvalue weighted by molar-refractivity contribution is 8.00. The van der Waals surface area contributed by atoms with Crippen LogP contribution in [0.5, 0.6) is 0 Å². The smallest absolute Gasteiger partial charge is 0.339 e. The van der Waals surface area contributed by atoms with Gasteiger partial charge in [-0.05, 0) is 48.7 Å². The first-order chi connectivity index (χ1) is 17.5. The van der Waals surface area contributed by atoms with Crippen molar-refractivity contribution in [3.8, 4) is 0 Å². The van der Waals surface area contributed by atoms with Gasteiger partial charge in [0.05, 0.1) is 18.4 Å². The number of hydrogen-bond donors (Lipinski definition) is 2. The predicted octanol–water partition coefficient (Wildman–Crippen LogP) is 6.46. The van der Waals surface area contributed by atoms with Gasteiger partial charge in [0.2, 0.25) is 11.8 Å². The van der Waals surface area contributed by atoms with E-state index in [4.69, 9.17) is 4.74 Å². The SMILES string of the molecule is COC(=O)c1ccccc1NC(=O)C(Sc1cccc(NC(=O)C2CCCCC2)c1)c1ccccc1. The van der Waals surface area contributed by atoms with Crippen molar-refractivity contribution < 1.29 is 19.1 Å². The highest BCUT2D eigenvalue weighted by atomic mass is 32.2. The van der Waals surface area contributed by atoms with Crippen LogP contribution in [0.3, 0.4) is 0 Å². The van der Waals surface area contributed by atoms with Gasteiger partial charge in [-0.15, -0.1) is 11.8 Å². The lowest BCUT2D eigenvalue weighted by molar-refractivity contribution is -0.120. The molecule has 0 radical (unpaired) electrons. The van der Waals surface area contributed by atoms with E-state index in [1.807, 2.05) is 54.6 Å². The lowest BCUT2D eigenvalue weighted by Gasteiger charge is -2.21. The third-order valence-corrected chi connectivity index (χ3v) is 7.51. The minimum atomic E-state index is -0.582. The second-order valence-corrected chi connectivity index (χ2v) is 9.97. The van der Waals surface area contributed by atoms with E-state index < -0.39 is 11.2 Å². The van der Waals surface area contributed by atoms with E-state index in [2.05, 4.69) is 10.6 Å². The van der Waals surface area contributed by atoms with E-state index in [9.17, 15) is 14.4 Å². The van der Waals surface area contributed by atoms with Crippen LogP contribution in [0.25, 0.3) is 0 Å². The van der Waals surface area contributed by atoms with Crippen LogP contribution < -0.4 is 10.6 Å². The molecule has 1 fully saturated rings. The maximum atomic E-state index is 13.5. The summed E-state index contributed by atoms with van der Waals surface area (Å²) in [7, 11) is 1.31. The first-order valence-electron chi connectivity index (χ1n) is 12.2. The summed E-state index contributed by atoms with van der Waals surface area (Å²) in [6.07, 6.45) is 5.26. The third-order valence-electron chi connectivity index (χ3n) is 6.26. The van der Waals surface area contributed by atoms with Gasteiger partial charge in [-0.2, -0.15) is 0 Å². The fraction of sp³-hybridized carbons (Fsp3) is 0.276. The highest BCUT2D eigenvalue weighted by Crippen LogP contribution is 2.37. The molecule has 1 saturated carbocycles. The molecule has 186 valence electrons. The molecular formula is C29H30N2O4S. The van der Waals surface area contributed by atoms with Crippen LogP contribution in [0.2, 0.25) is 0 Å². The highest BCUT2D eigenvalue weighted by Gasteiger charge is 2.25. The molecule has 0 spiro atoms. The Kier molecular flexibility index (Phi) is 8.79. The van der Waals surface area contributed by atoms with Crippen molar-refractivity contribution in [1.82, 2.24) is 0 Å². The van der Waals surface area contributed by atoms with E-state index >= 15 is 0 Å². The maximum absolute atomic E-state index is 13.5. The Morgan fingerprint density at radius 1 is 0.861 bits per heavy atom. The first-order valence-corrected chi connectivity index (χ1v) is 13.0. The van der Waals surface area contributed by atoms with Crippen LogP contribution in [-0.2, 0) is 14.3 Å². The molecule has 3 aromatic carbocycles. The monoisotopic (exact) mass is 502 g/mol. The van der Waals surface area contributed by atoms with Crippen LogP contribution >= 0.6 is 11.8 Å². The zero-order valence-corrected chi connectivity index (χ0v) is 21.1. The van der Waals surface area contributed by atoms with Crippen LogP contribution in [0.15, 0.2) is 83.8 Å². The number of carbonyl (C=O) groups is 3. The van der Waals surface area contributed by atoms with Crippen molar-refractivity contribution >= 4 is 40.9 Å².